The van der Waals surface area contributed by atoms with Gasteiger partial charge >= 0.3 is 0 Å². The topological polar surface area (TPSA) is 53.4 Å². The monoisotopic (exact) mass is 323 g/mol. The van der Waals surface area contributed by atoms with E-state index in [1.807, 2.05) is 0 Å². The summed E-state index contributed by atoms with van der Waals surface area (Å²) in [5.74, 6) is -0.350. The highest BCUT2D eigenvalue weighted by Gasteiger charge is 2.28. The van der Waals surface area contributed by atoms with Gasteiger partial charge in [-0.15, -0.1) is 0 Å². The van der Waals surface area contributed by atoms with E-state index in [0.717, 1.165) is 0 Å². The molecule has 1 aromatic carbocycles. The van der Waals surface area contributed by atoms with Gasteiger partial charge in [0.05, 0.1) is 10.6 Å². The molecule has 0 saturated carbocycles. The minimum Gasteiger partial charge on any atom is -0.267 e. The number of hydrogen-bond donors (Lipinski definition) is 1. The van der Waals surface area contributed by atoms with Crippen LogP contribution in [0.3, 0.4) is 0 Å². The number of nitrogens with one attached hydrogen (secondary N) is 1. The summed E-state index contributed by atoms with van der Waals surface area (Å²) in [5, 5.41) is 5.87. The summed E-state index contributed by atoms with van der Waals surface area (Å²) in [6.07, 6.45) is 6.57. The van der Waals surface area contributed by atoms with Crippen LogP contribution in [-0.2, 0) is 0 Å². The molecule has 1 aromatic heterocycles. The van der Waals surface area contributed by atoms with Gasteiger partial charge in [0.15, 0.2) is 6.17 Å². The zero-order chi connectivity index (χ0) is 14.8. The summed E-state index contributed by atoms with van der Waals surface area (Å²) in [5.41, 5.74) is 3.03. The number of amides is 1. The highest BCUT2D eigenvalue weighted by Crippen LogP contribution is 2.25. The van der Waals surface area contributed by atoms with Crippen molar-refractivity contribution < 1.29 is 4.79 Å². The second kappa shape index (κ2) is 5.77. The van der Waals surface area contributed by atoms with Gasteiger partial charge in [0.25, 0.3) is 5.91 Å². The maximum Gasteiger partial charge on any atom is 0.272 e. The molecule has 0 spiro atoms. The Balaban J connectivity index is 1.71. The summed E-state index contributed by atoms with van der Waals surface area (Å²) >= 11 is 12.2. The van der Waals surface area contributed by atoms with Gasteiger partial charge in [0, 0.05) is 30.4 Å². The molecule has 8 heteroatoms. The van der Waals surface area contributed by atoms with Crippen LogP contribution in [0.1, 0.15) is 16.5 Å². The Bertz CT molecular complexity index is 673. The van der Waals surface area contributed by atoms with Gasteiger partial charge in [-0.3, -0.25) is 4.79 Å². The van der Waals surface area contributed by atoms with Crippen molar-refractivity contribution >= 4 is 29.3 Å². The maximum atomic E-state index is 12.2. The van der Waals surface area contributed by atoms with E-state index >= 15 is 0 Å². The number of hydrogen-bond acceptors (Lipinski definition) is 4. The van der Waals surface area contributed by atoms with Crippen molar-refractivity contribution in [2.45, 2.75) is 6.17 Å². The molecule has 1 amide bonds. The first kappa shape index (κ1) is 13.9. The molecule has 6 nitrogen and oxygen atoms in total. The van der Waals surface area contributed by atoms with Crippen molar-refractivity contribution in [3.05, 3.63) is 65.6 Å². The smallest absolute Gasteiger partial charge is 0.267 e. The normalized spacial score (nSPS) is 18.2. The van der Waals surface area contributed by atoms with Gasteiger partial charge in [0.1, 0.15) is 0 Å². The molecule has 0 radical (unpaired) electrons. The van der Waals surface area contributed by atoms with Gasteiger partial charge in [-0.2, -0.15) is 5.10 Å². The first-order valence-corrected chi connectivity index (χ1v) is 6.85. The van der Waals surface area contributed by atoms with Gasteiger partial charge < -0.3 is 0 Å². The second-order valence-electron chi connectivity index (χ2n) is 4.30. The Morgan fingerprint density at radius 3 is 2.81 bits per heavy atom. The summed E-state index contributed by atoms with van der Waals surface area (Å²) in [7, 11) is 0. The molecule has 108 valence electrons. The zero-order valence-electron chi connectivity index (χ0n) is 10.7. The average molecular weight is 324 g/mol. The van der Waals surface area contributed by atoms with Gasteiger partial charge in [-0.25, -0.2) is 15.2 Å². The predicted molar refractivity (Wildman–Crippen MR) is 78.9 cm³/mol. The van der Waals surface area contributed by atoms with Gasteiger partial charge in [-0.1, -0.05) is 28.3 Å². The number of rotatable bonds is 3. The summed E-state index contributed by atoms with van der Waals surface area (Å²) < 4.78 is 2.98. The van der Waals surface area contributed by atoms with Gasteiger partial charge in [0.2, 0.25) is 0 Å². The first-order chi connectivity index (χ1) is 10.2. The summed E-state index contributed by atoms with van der Waals surface area (Å²) in [4.78, 5) is 12.2. The molecular weight excluding hydrogens is 313 g/mol. The quantitative estimate of drug-likeness (QED) is 0.882. The molecule has 21 heavy (non-hydrogen) atoms. The van der Waals surface area contributed by atoms with Crippen LogP contribution in [0.15, 0.2) is 55.0 Å². The Morgan fingerprint density at radius 1 is 1.29 bits per heavy atom. The molecule has 1 unspecified atom stereocenters. The molecule has 2 heterocycles. The van der Waals surface area contributed by atoms with E-state index in [4.69, 9.17) is 23.4 Å². The number of aromatic nitrogens is 2. The number of halogens is 2. The standard InChI is InChI=1S/C13H11Cl2N5O/c14-11-5-2-1-4-10(11)13(21)17-19-9-6-12(20(19)15)18-8-3-7-16-18/h1-9,12H,(H,17,21). The zero-order valence-corrected chi connectivity index (χ0v) is 12.2. The number of carbonyl (C=O) groups is 1. The largest absolute Gasteiger partial charge is 0.272 e. The number of benzene rings is 1. The first-order valence-electron chi connectivity index (χ1n) is 6.14. The maximum absolute atomic E-state index is 12.2. The Kier molecular flexibility index (Phi) is 3.83. The number of carbonyl (C=O) groups excluding carboxylic acids is 1. The molecule has 1 aliphatic rings. The molecule has 1 N–H and O–H groups in total. The van der Waals surface area contributed by atoms with Crippen LogP contribution in [0.25, 0.3) is 0 Å². The number of nitrogens with zero attached hydrogens (tertiary/aromatic N) is 4. The van der Waals surface area contributed by atoms with E-state index in [1.54, 1.807) is 59.7 Å². The van der Waals surface area contributed by atoms with E-state index in [9.17, 15) is 4.79 Å². The van der Waals surface area contributed by atoms with E-state index in [0.29, 0.717) is 10.6 Å². The van der Waals surface area contributed by atoms with Crippen LogP contribution in [-0.4, -0.2) is 25.3 Å². The van der Waals surface area contributed by atoms with E-state index < -0.39 is 0 Å². The highest BCUT2D eigenvalue weighted by atomic mass is 35.5. The van der Waals surface area contributed by atoms with E-state index in [-0.39, 0.29) is 12.1 Å². The molecule has 0 bridgehead atoms. The third-order valence-corrected chi connectivity index (χ3v) is 3.65. The predicted octanol–water partition coefficient (Wildman–Crippen LogP) is 2.58. The van der Waals surface area contributed by atoms with Crippen molar-refractivity contribution in [1.29, 1.82) is 0 Å². The number of hydrazine groups is 2. The SMILES string of the molecule is O=C(NN1C=CC(n2cccn2)N1Cl)c1ccccc1Cl. The fraction of sp³-hybridized carbons (Fsp3) is 0.0769. The fourth-order valence-electron chi connectivity index (χ4n) is 1.94. The van der Waals surface area contributed by atoms with Crippen molar-refractivity contribution in [2.75, 3.05) is 0 Å². The van der Waals surface area contributed by atoms with Crippen molar-refractivity contribution in [2.24, 2.45) is 0 Å². The molecule has 0 saturated heterocycles. The molecule has 2 aromatic rings. The Labute approximate surface area is 131 Å². The molecular formula is C13H11Cl2N5O. The second-order valence-corrected chi connectivity index (χ2v) is 5.05. The molecule has 1 aliphatic heterocycles. The van der Waals surface area contributed by atoms with E-state index in [2.05, 4.69) is 10.5 Å². The van der Waals surface area contributed by atoms with E-state index in [1.165, 1.54) is 9.65 Å². The lowest BCUT2D eigenvalue weighted by atomic mass is 10.2. The third-order valence-electron chi connectivity index (χ3n) is 2.95. The van der Waals surface area contributed by atoms with Crippen LogP contribution in [0.2, 0.25) is 5.02 Å². The van der Waals surface area contributed by atoms with Crippen LogP contribution < -0.4 is 5.43 Å². The van der Waals surface area contributed by atoms with Gasteiger partial charge in [-0.05, 0) is 24.3 Å². The molecule has 0 aliphatic carbocycles. The van der Waals surface area contributed by atoms with Crippen LogP contribution in [0.4, 0.5) is 0 Å². The van der Waals surface area contributed by atoms with Crippen molar-refractivity contribution in [3.8, 4) is 0 Å². The van der Waals surface area contributed by atoms with Crippen LogP contribution in [0, 0.1) is 0 Å². The lowest BCUT2D eigenvalue weighted by Crippen LogP contribution is -2.44. The lowest BCUT2D eigenvalue weighted by Gasteiger charge is -2.26. The Hall–Kier alpha value is -2.02. The summed E-state index contributed by atoms with van der Waals surface area (Å²) in [6, 6.07) is 8.59. The van der Waals surface area contributed by atoms with Crippen LogP contribution in [0.5, 0.6) is 0 Å². The highest BCUT2D eigenvalue weighted by molar-refractivity contribution is 6.33. The van der Waals surface area contributed by atoms with Crippen molar-refractivity contribution in [3.63, 3.8) is 0 Å². The fourth-order valence-corrected chi connectivity index (χ4v) is 2.40. The minimum absolute atomic E-state index is 0.312. The lowest BCUT2D eigenvalue weighted by molar-refractivity contribution is 0.0308. The molecule has 1 atom stereocenters. The third kappa shape index (κ3) is 2.73. The summed E-state index contributed by atoms with van der Waals surface area (Å²) in [6.45, 7) is 0. The molecule has 3 rings (SSSR count). The Morgan fingerprint density at radius 2 is 2.10 bits per heavy atom. The van der Waals surface area contributed by atoms with Crippen molar-refractivity contribution in [1.82, 2.24) is 24.9 Å². The molecule has 0 fully saturated rings. The minimum atomic E-state index is -0.350. The van der Waals surface area contributed by atoms with Crippen LogP contribution >= 0.6 is 23.4 Å². The average Bonchev–Trinajstić information content (AvgIpc) is 3.10.